The van der Waals surface area contributed by atoms with Crippen molar-refractivity contribution < 1.29 is 9.47 Å². The molecule has 0 aliphatic carbocycles. The summed E-state index contributed by atoms with van der Waals surface area (Å²) in [5, 5.41) is 14.2. The lowest BCUT2D eigenvalue weighted by Gasteiger charge is -2.21. The maximum Gasteiger partial charge on any atom is 0.176 e. The highest BCUT2D eigenvalue weighted by Crippen LogP contribution is 2.35. The van der Waals surface area contributed by atoms with Gasteiger partial charge in [-0.2, -0.15) is 15.0 Å². The van der Waals surface area contributed by atoms with Crippen molar-refractivity contribution in [3.05, 3.63) is 42.0 Å². The summed E-state index contributed by atoms with van der Waals surface area (Å²) < 4.78 is 12.6. The molecule has 154 valence electrons. The molecule has 0 saturated carbocycles. The number of benzene rings is 1. The van der Waals surface area contributed by atoms with Crippen LogP contribution in [0.5, 0.6) is 5.75 Å². The fraction of sp³-hybridized carbons (Fsp3) is 0.333. The minimum Gasteiger partial charge on any atom is -0.497 e. The Morgan fingerprint density at radius 1 is 1.23 bits per heavy atom. The van der Waals surface area contributed by atoms with Gasteiger partial charge in [-0.25, -0.2) is 9.97 Å². The minimum atomic E-state index is 0.202. The molecule has 9 heteroatoms. The number of aromatic nitrogens is 4. The second kappa shape index (κ2) is 8.00. The molecule has 9 nitrogen and oxygen atoms in total. The molecule has 0 bridgehead atoms. The predicted molar refractivity (Wildman–Crippen MR) is 113 cm³/mol. The first-order valence-corrected chi connectivity index (χ1v) is 9.58. The number of nitrogen functional groups attached to an aromatic ring is 1. The number of ether oxygens (including phenoxy) is 2. The predicted octanol–water partition coefficient (Wildman–Crippen LogP) is 2.33. The van der Waals surface area contributed by atoms with Crippen LogP contribution in [0.2, 0.25) is 0 Å². The Labute approximate surface area is 174 Å². The maximum atomic E-state index is 9.96. The van der Waals surface area contributed by atoms with Crippen LogP contribution in [0.15, 0.2) is 30.6 Å². The zero-order valence-electron chi connectivity index (χ0n) is 17.2. The van der Waals surface area contributed by atoms with E-state index in [4.69, 9.17) is 15.2 Å². The van der Waals surface area contributed by atoms with E-state index in [9.17, 15) is 5.26 Å². The third-order valence-electron chi connectivity index (χ3n) is 5.33. The molecule has 1 atom stereocenters. The van der Waals surface area contributed by atoms with E-state index in [1.165, 1.54) is 11.0 Å². The second-order valence-corrected chi connectivity index (χ2v) is 7.14. The van der Waals surface area contributed by atoms with Gasteiger partial charge in [-0.15, -0.1) is 0 Å². The SMILES string of the molecule is COc1cc(-c2cc(N)nc(-n3ncnc3C)c2C#N)cc(N2CC[C@@H](OC)C2)c1. The van der Waals surface area contributed by atoms with Crippen LogP contribution in [0.4, 0.5) is 11.5 Å². The Morgan fingerprint density at radius 3 is 2.70 bits per heavy atom. The summed E-state index contributed by atoms with van der Waals surface area (Å²) in [6.07, 6.45) is 2.59. The highest BCUT2D eigenvalue weighted by molar-refractivity contribution is 5.79. The lowest BCUT2D eigenvalue weighted by atomic mass is 10.00. The molecule has 1 aliphatic heterocycles. The standard InChI is InChI=1S/C21H23N7O2/c1-13-24-12-25-28(13)21-19(10-22)18(9-20(23)26-21)14-6-15(8-17(7-14)30-3)27-5-4-16(11-27)29-2/h6-9,12,16H,4-5,11H2,1-3H3,(H2,23,26)/t16-/m1/s1. The molecule has 0 amide bonds. The molecule has 30 heavy (non-hydrogen) atoms. The van der Waals surface area contributed by atoms with E-state index >= 15 is 0 Å². The van der Waals surface area contributed by atoms with Gasteiger partial charge in [0.25, 0.3) is 0 Å². The summed E-state index contributed by atoms with van der Waals surface area (Å²) >= 11 is 0. The smallest absolute Gasteiger partial charge is 0.176 e. The van der Waals surface area contributed by atoms with Gasteiger partial charge in [0.05, 0.1) is 13.2 Å². The minimum absolute atomic E-state index is 0.202. The van der Waals surface area contributed by atoms with Gasteiger partial charge in [0, 0.05) is 37.5 Å². The fourth-order valence-electron chi connectivity index (χ4n) is 3.74. The van der Waals surface area contributed by atoms with Crippen LogP contribution < -0.4 is 15.4 Å². The van der Waals surface area contributed by atoms with E-state index in [2.05, 4.69) is 26.0 Å². The Hall–Kier alpha value is -3.64. The molecule has 1 saturated heterocycles. The molecule has 3 heterocycles. The van der Waals surface area contributed by atoms with Gasteiger partial charge in [-0.3, -0.25) is 0 Å². The molecule has 0 radical (unpaired) electrons. The van der Waals surface area contributed by atoms with Crippen molar-refractivity contribution in [1.29, 1.82) is 5.26 Å². The Kier molecular flexibility index (Phi) is 5.25. The summed E-state index contributed by atoms with van der Waals surface area (Å²) in [7, 11) is 3.36. The van der Waals surface area contributed by atoms with Crippen LogP contribution in [0.25, 0.3) is 16.9 Å². The third kappa shape index (κ3) is 3.53. The van der Waals surface area contributed by atoms with Crippen molar-refractivity contribution in [2.45, 2.75) is 19.4 Å². The largest absolute Gasteiger partial charge is 0.497 e. The number of nitrogens with zero attached hydrogens (tertiary/aromatic N) is 6. The van der Waals surface area contributed by atoms with Gasteiger partial charge in [0.1, 0.15) is 35.4 Å². The van der Waals surface area contributed by atoms with Crippen molar-refractivity contribution in [1.82, 2.24) is 19.7 Å². The number of nitrogens with two attached hydrogens (primary N) is 1. The van der Waals surface area contributed by atoms with Crippen LogP contribution in [0.3, 0.4) is 0 Å². The van der Waals surface area contributed by atoms with Gasteiger partial charge < -0.3 is 20.1 Å². The molecule has 4 rings (SSSR count). The van der Waals surface area contributed by atoms with Gasteiger partial charge in [0.2, 0.25) is 0 Å². The number of methoxy groups -OCH3 is 2. The van der Waals surface area contributed by atoms with Gasteiger partial charge in [0.15, 0.2) is 5.82 Å². The molecule has 1 fully saturated rings. The summed E-state index contributed by atoms with van der Waals surface area (Å²) in [6.45, 7) is 3.48. The molecule has 1 aromatic carbocycles. The number of rotatable bonds is 5. The fourth-order valence-corrected chi connectivity index (χ4v) is 3.74. The Morgan fingerprint density at radius 2 is 2.07 bits per heavy atom. The van der Waals surface area contributed by atoms with Crippen molar-refractivity contribution in [3.63, 3.8) is 0 Å². The highest BCUT2D eigenvalue weighted by Gasteiger charge is 2.24. The van der Waals surface area contributed by atoms with Crippen LogP contribution in [-0.4, -0.2) is 53.2 Å². The van der Waals surface area contributed by atoms with Gasteiger partial charge in [-0.1, -0.05) is 0 Å². The average molecular weight is 405 g/mol. The Bertz CT molecular complexity index is 1120. The molecule has 0 spiro atoms. The first kappa shape index (κ1) is 19.7. The number of hydrogen-bond donors (Lipinski definition) is 1. The van der Waals surface area contributed by atoms with Gasteiger partial charge >= 0.3 is 0 Å². The lowest BCUT2D eigenvalue weighted by molar-refractivity contribution is 0.121. The average Bonchev–Trinajstić information content (AvgIpc) is 3.41. The number of anilines is 2. The normalized spacial score (nSPS) is 15.9. The first-order valence-electron chi connectivity index (χ1n) is 9.58. The van der Waals surface area contributed by atoms with Crippen LogP contribution in [0, 0.1) is 18.3 Å². The van der Waals surface area contributed by atoms with Crippen LogP contribution in [-0.2, 0) is 4.74 Å². The number of aryl methyl sites for hydroxylation is 1. The monoisotopic (exact) mass is 405 g/mol. The molecular weight excluding hydrogens is 382 g/mol. The summed E-state index contributed by atoms with van der Waals surface area (Å²) in [5.41, 5.74) is 8.95. The molecule has 2 N–H and O–H groups in total. The second-order valence-electron chi connectivity index (χ2n) is 7.14. The van der Waals surface area contributed by atoms with E-state index in [0.717, 1.165) is 30.8 Å². The third-order valence-corrected chi connectivity index (χ3v) is 5.33. The van der Waals surface area contributed by atoms with Crippen LogP contribution in [0.1, 0.15) is 17.8 Å². The van der Waals surface area contributed by atoms with E-state index in [1.54, 1.807) is 27.2 Å². The maximum absolute atomic E-state index is 9.96. The zero-order valence-corrected chi connectivity index (χ0v) is 17.2. The van der Waals surface area contributed by atoms with Crippen molar-refractivity contribution in [2.75, 3.05) is 37.9 Å². The van der Waals surface area contributed by atoms with Crippen LogP contribution >= 0.6 is 0 Å². The summed E-state index contributed by atoms with van der Waals surface area (Å²) in [5.74, 6) is 1.96. The first-order chi connectivity index (χ1) is 14.5. The Balaban J connectivity index is 1.86. The van der Waals surface area contributed by atoms with E-state index < -0.39 is 0 Å². The highest BCUT2D eigenvalue weighted by atomic mass is 16.5. The zero-order chi connectivity index (χ0) is 21.3. The van der Waals surface area contributed by atoms with E-state index in [-0.39, 0.29) is 6.10 Å². The topological polar surface area (TPSA) is 115 Å². The number of hydrogen-bond acceptors (Lipinski definition) is 8. The van der Waals surface area contributed by atoms with E-state index in [0.29, 0.717) is 34.3 Å². The lowest BCUT2D eigenvalue weighted by Crippen LogP contribution is -2.22. The molecular formula is C21H23N7O2. The van der Waals surface area contributed by atoms with Crippen molar-refractivity contribution in [3.8, 4) is 28.8 Å². The molecule has 1 aliphatic rings. The molecule has 2 aromatic heterocycles. The summed E-state index contributed by atoms with van der Waals surface area (Å²) in [4.78, 5) is 10.7. The van der Waals surface area contributed by atoms with Crippen molar-refractivity contribution in [2.24, 2.45) is 0 Å². The van der Waals surface area contributed by atoms with Gasteiger partial charge in [-0.05, 0) is 37.1 Å². The number of pyridine rings is 1. The molecule has 0 unspecified atom stereocenters. The van der Waals surface area contributed by atoms with E-state index in [1.807, 2.05) is 18.2 Å². The quantitative estimate of drug-likeness (QED) is 0.688. The van der Waals surface area contributed by atoms with Crippen molar-refractivity contribution >= 4 is 11.5 Å². The summed E-state index contributed by atoms with van der Waals surface area (Å²) in [6, 6.07) is 9.88. The molecule has 3 aromatic rings. The number of nitriles is 1.